The molecular formula is C12H19BrN2O. The lowest BCUT2D eigenvalue weighted by atomic mass is 10.1. The summed E-state index contributed by atoms with van der Waals surface area (Å²) < 4.78 is 6.76. The van der Waals surface area contributed by atoms with Crippen LogP contribution in [-0.4, -0.2) is 18.0 Å². The van der Waals surface area contributed by atoms with E-state index in [9.17, 15) is 0 Å². The normalized spacial score (nSPS) is 19.9. The molecule has 0 radical (unpaired) electrons. The molecule has 1 unspecified atom stereocenters. The SMILES string of the molecule is CC(c1cc(Br)c(CN)o1)N1CCCCC1. The van der Waals surface area contributed by atoms with Gasteiger partial charge in [0.1, 0.15) is 11.5 Å². The van der Waals surface area contributed by atoms with E-state index in [1.54, 1.807) is 0 Å². The largest absolute Gasteiger partial charge is 0.462 e. The van der Waals surface area contributed by atoms with Crippen LogP contribution < -0.4 is 5.73 Å². The van der Waals surface area contributed by atoms with E-state index in [2.05, 4.69) is 33.8 Å². The Morgan fingerprint density at radius 3 is 2.69 bits per heavy atom. The van der Waals surface area contributed by atoms with E-state index in [0.29, 0.717) is 12.6 Å². The minimum absolute atomic E-state index is 0.358. The van der Waals surface area contributed by atoms with Crippen LogP contribution in [0.5, 0.6) is 0 Å². The number of nitrogens with zero attached hydrogens (tertiary/aromatic N) is 1. The van der Waals surface area contributed by atoms with E-state index in [1.807, 2.05) is 0 Å². The Morgan fingerprint density at radius 2 is 2.12 bits per heavy atom. The molecule has 1 aliphatic heterocycles. The third kappa shape index (κ3) is 2.50. The fourth-order valence-corrected chi connectivity index (χ4v) is 2.72. The maximum Gasteiger partial charge on any atom is 0.131 e. The van der Waals surface area contributed by atoms with Gasteiger partial charge < -0.3 is 10.2 Å². The van der Waals surface area contributed by atoms with Crippen molar-refractivity contribution in [1.29, 1.82) is 0 Å². The van der Waals surface area contributed by atoms with E-state index in [-0.39, 0.29) is 0 Å². The number of piperidine rings is 1. The molecule has 0 aliphatic carbocycles. The van der Waals surface area contributed by atoms with Gasteiger partial charge in [0, 0.05) is 0 Å². The van der Waals surface area contributed by atoms with Crippen LogP contribution in [0.25, 0.3) is 0 Å². The molecule has 0 saturated carbocycles. The second-order valence-corrected chi connectivity index (χ2v) is 5.25. The van der Waals surface area contributed by atoms with Crippen LogP contribution in [0.2, 0.25) is 0 Å². The Balaban J connectivity index is 2.09. The van der Waals surface area contributed by atoms with E-state index >= 15 is 0 Å². The molecular weight excluding hydrogens is 268 g/mol. The Labute approximate surface area is 105 Å². The van der Waals surface area contributed by atoms with Gasteiger partial charge in [0.05, 0.1) is 17.1 Å². The first kappa shape index (κ1) is 12.1. The number of rotatable bonds is 3. The molecule has 2 heterocycles. The van der Waals surface area contributed by atoms with E-state index in [1.165, 1.54) is 32.4 Å². The molecule has 1 aliphatic rings. The quantitative estimate of drug-likeness (QED) is 0.929. The summed E-state index contributed by atoms with van der Waals surface area (Å²) in [6.45, 7) is 5.01. The lowest BCUT2D eigenvalue weighted by Gasteiger charge is -2.31. The van der Waals surface area contributed by atoms with Gasteiger partial charge in [-0.3, -0.25) is 4.90 Å². The van der Waals surface area contributed by atoms with Gasteiger partial charge in [-0.25, -0.2) is 0 Å². The lowest BCUT2D eigenvalue weighted by molar-refractivity contribution is 0.156. The first-order valence-corrected chi connectivity index (χ1v) is 6.74. The molecule has 2 N–H and O–H groups in total. The average Bonchev–Trinajstić information content (AvgIpc) is 2.71. The predicted octanol–water partition coefficient (Wildman–Crippen LogP) is 3.05. The predicted molar refractivity (Wildman–Crippen MR) is 68.1 cm³/mol. The fraction of sp³-hybridized carbons (Fsp3) is 0.667. The topological polar surface area (TPSA) is 42.4 Å². The van der Waals surface area contributed by atoms with Crippen LogP contribution in [0.3, 0.4) is 0 Å². The number of furan rings is 1. The van der Waals surface area contributed by atoms with Crippen molar-refractivity contribution in [3.63, 3.8) is 0 Å². The van der Waals surface area contributed by atoms with Gasteiger partial charge in [-0.1, -0.05) is 6.42 Å². The zero-order chi connectivity index (χ0) is 11.5. The number of hydrogen-bond donors (Lipinski definition) is 1. The molecule has 1 aromatic heterocycles. The first-order chi connectivity index (χ1) is 7.72. The summed E-state index contributed by atoms with van der Waals surface area (Å²) in [4.78, 5) is 2.48. The molecule has 0 aromatic carbocycles. The van der Waals surface area contributed by atoms with Gasteiger partial charge in [0.2, 0.25) is 0 Å². The van der Waals surface area contributed by atoms with Gasteiger partial charge in [0.25, 0.3) is 0 Å². The Hall–Kier alpha value is -0.320. The van der Waals surface area contributed by atoms with Gasteiger partial charge in [-0.15, -0.1) is 0 Å². The molecule has 1 fully saturated rings. The fourth-order valence-electron chi connectivity index (χ4n) is 2.26. The second kappa shape index (κ2) is 5.34. The summed E-state index contributed by atoms with van der Waals surface area (Å²) in [5, 5.41) is 0. The van der Waals surface area contributed by atoms with Gasteiger partial charge in [0.15, 0.2) is 0 Å². The Kier molecular flexibility index (Phi) is 4.05. The van der Waals surface area contributed by atoms with E-state index < -0.39 is 0 Å². The average molecular weight is 287 g/mol. The van der Waals surface area contributed by atoms with Crippen molar-refractivity contribution in [2.24, 2.45) is 5.73 Å². The molecule has 3 nitrogen and oxygen atoms in total. The standard InChI is InChI=1S/C12H19BrN2O/c1-9(15-5-3-2-4-6-15)11-7-10(13)12(8-14)16-11/h7,9H,2-6,8,14H2,1H3. The lowest BCUT2D eigenvalue weighted by Crippen LogP contribution is -2.32. The smallest absolute Gasteiger partial charge is 0.131 e. The number of nitrogens with two attached hydrogens (primary N) is 1. The van der Waals surface area contributed by atoms with Gasteiger partial charge in [-0.2, -0.15) is 0 Å². The van der Waals surface area contributed by atoms with Crippen molar-refractivity contribution < 1.29 is 4.42 Å². The first-order valence-electron chi connectivity index (χ1n) is 5.94. The van der Waals surface area contributed by atoms with Crippen molar-refractivity contribution in [2.45, 2.75) is 38.8 Å². The van der Waals surface area contributed by atoms with Crippen LogP contribution in [0.15, 0.2) is 15.0 Å². The summed E-state index contributed by atoms with van der Waals surface area (Å²) in [5.41, 5.74) is 5.61. The molecule has 1 saturated heterocycles. The van der Waals surface area contributed by atoms with Crippen molar-refractivity contribution in [3.8, 4) is 0 Å². The molecule has 1 aromatic rings. The second-order valence-electron chi connectivity index (χ2n) is 4.40. The summed E-state index contributed by atoms with van der Waals surface area (Å²) in [6, 6.07) is 2.42. The van der Waals surface area contributed by atoms with Crippen LogP contribution in [0.1, 0.15) is 43.7 Å². The molecule has 4 heteroatoms. The highest BCUT2D eigenvalue weighted by Gasteiger charge is 2.21. The number of likely N-dealkylation sites (tertiary alicyclic amines) is 1. The van der Waals surface area contributed by atoms with Crippen LogP contribution >= 0.6 is 15.9 Å². The number of halogens is 1. The maximum absolute atomic E-state index is 5.77. The van der Waals surface area contributed by atoms with E-state index in [4.69, 9.17) is 10.2 Å². The van der Waals surface area contributed by atoms with Crippen LogP contribution in [0.4, 0.5) is 0 Å². The van der Waals surface area contributed by atoms with Crippen LogP contribution in [0, 0.1) is 0 Å². The third-order valence-corrected chi connectivity index (χ3v) is 3.98. The molecule has 1 atom stereocenters. The van der Waals surface area contributed by atoms with Crippen molar-refractivity contribution >= 4 is 15.9 Å². The van der Waals surface area contributed by atoms with E-state index in [0.717, 1.165) is 16.0 Å². The van der Waals surface area contributed by atoms with Crippen molar-refractivity contribution in [3.05, 3.63) is 22.1 Å². The molecule has 90 valence electrons. The maximum atomic E-state index is 5.77. The highest BCUT2D eigenvalue weighted by atomic mass is 79.9. The highest BCUT2D eigenvalue weighted by molar-refractivity contribution is 9.10. The van der Waals surface area contributed by atoms with Gasteiger partial charge in [-0.05, 0) is 54.9 Å². The number of hydrogen-bond acceptors (Lipinski definition) is 3. The minimum Gasteiger partial charge on any atom is -0.462 e. The van der Waals surface area contributed by atoms with Crippen molar-refractivity contribution in [1.82, 2.24) is 4.90 Å². The highest BCUT2D eigenvalue weighted by Crippen LogP contribution is 2.30. The monoisotopic (exact) mass is 286 g/mol. The Morgan fingerprint density at radius 1 is 1.44 bits per heavy atom. The third-order valence-electron chi connectivity index (χ3n) is 3.31. The zero-order valence-electron chi connectivity index (χ0n) is 9.71. The molecule has 16 heavy (non-hydrogen) atoms. The zero-order valence-corrected chi connectivity index (χ0v) is 11.3. The van der Waals surface area contributed by atoms with Crippen LogP contribution in [-0.2, 0) is 6.54 Å². The van der Waals surface area contributed by atoms with Gasteiger partial charge >= 0.3 is 0 Å². The Bertz CT molecular complexity index is 345. The van der Waals surface area contributed by atoms with Crippen molar-refractivity contribution in [2.75, 3.05) is 13.1 Å². The molecule has 0 bridgehead atoms. The summed E-state index contributed by atoms with van der Waals surface area (Å²) in [6.07, 6.45) is 3.96. The molecule has 0 amide bonds. The minimum atomic E-state index is 0.358. The molecule has 0 spiro atoms. The summed E-state index contributed by atoms with van der Waals surface area (Å²) in [7, 11) is 0. The summed E-state index contributed by atoms with van der Waals surface area (Å²) in [5.74, 6) is 1.87. The summed E-state index contributed by atoms with van der Waals surface area (Å²) >= 11 is 3.48. The molecule has 2 rings (SSSR count).